The first-order valence-electron chi connectivity index (χ1n) is 9.54. The molecule has 0 saturated carbocycles. The molecule has 0 amide bonds. The molecule has 0 unspecified atom stereocenters. The summed E-state index contributed by atoms with van der Waals surface area (Å²) in [5, 5.41) is 28.3. The molecule has 0 atom stereocenters. The fourth-order valence-corrected chi connectivity index (χ4v) is 3.12. The molecule has 3 rings (SSSR count). The Labute approximate surface area is 179 Å². The lowest BCUT2D eigenvalue weighted by Gasteiger charge is -2.13. The SMILES string of the molecule is COc1ccc(N=Nc2c(C)c(C#N)c(O)n(CCc3ccccc3)c2=O)c(OC)c1. The second kappa shape index (κ2) is 9.59. The van der Waals surface area contributed by atoms with Gasteiger partial charge in [-0.25, -0.2) is 0 Å². The van der Waals surface area contributed by atoms with Crippen LogP contribution in [0.1, 0.15) is 16.7 Å². The molecule has 0 spiro atoms. The predicted octanol–water partition coefficient (Wildman–Crippen LogP) is 4.41. The molecule has 3 aromatic rings. The van der Waals surface area contributed by atoms with Crippen LogP contribution in [0.2, 0.25) is 0 Å². The summed E-state index contributed by atoms with van der Waals surface area (Å²) >= 11 is 0. The topological polar surface area (TPSA) is 109 Å². The maximum absolute atomic E-state index is 13.1. The molecule has 31 heavy (non-hydrogen) atoms. The maximum Gasteiger partial charge on any atom is 0.281 e. The van der Waals surface area contributed by atoms with Crippen LogP contribution in [0.25, 0.3) is 0 Å². The first-order valence-corrected chi connectivity index (χ1v) is 9.54. The van der Waals surface area contributed by atoms with Gasteiger partial charge in [-0.3, -0.25) is 9.36 Å². The molecule has 0 bridgehead atoms. The largest absolute Gasteiger partial charge is 0.497 e. The van der Waals surface area contributed by atoms with Crippen LogP contribution in [0, 0.1) is 18.3 Å². The zero-order chi connectivity index (χ0) is 22.4. The van der Waals surface area contributed by atoms with Crippen LogP contribution in [-0.2, 0) is 13.0 Å². The van der Waals surface area contributed by atoms with Gasteiger partial charge in [0.15, 0.2) is 5.69 Å². The van der Waals surface area contributed by atoms with Crippen molar-refractivity contribution in [3.63, 3.8) is 0 Å². The van der Waals surface area contributed by atoms with E-state index in [4.69, 9.17) is 9.47 Å². The van der Waals surface area contributed by atoms with Crippen LogP contribution < -0.4 is 15.0 Å². The number of aromatic hydroxyl groups is 1. The summed E-state index contributed by atoms with van der Waals surface area (Å²) in [6.07, 6.45) is 0.505. The zero-order valence-corrected chi connectivity index (χ0v) is 17.5. The van der Waals surface area contributed by atoms with Gasteiger partial charge in [0.1, 0.15) is 28.8 Å². The van der Waals surface area contributed by atoms with Gasteiger partial charge in [-0.2, -0.15) is 5.26 Å². The molecule has 0 aliphatic rings. The second-order valence-electron chi connectivity index (χ2n) is 6.71. The minimum absolute atomic E-state index is 0.0108. The number of nitriles is 1. The molecule has 2 aromatic carbocycles. The van der Waals surface area contributed by atoms with E-state index in [1.165, 1.54) is 14.2 Å². The number of ether oxygens (including phenoxy) is 2. The molecule has 1 N–H and O–H groups in total. The van der Waals surface area contributed by atoms with E-state index in [0.29, 0.717) is 23.6 Å². The smallest absolute Gasteiger partial charge is 0.281 e. The quantitative estimate of drug-likeness (QED) is 0.572. The van der Waals surface area contributed by atoms with Gasteiger partial charge >= 0.3 is 0 Å². The number of nitrogens with zero attached hydrogens (tertiary/aromatic N) is 4. The summed E-state index contributed by atoms with van der Waals surface area (Å²) in [4.78, 5) is 13.1. The molecule has 0 aliphatic heterocycles. The van der Waals surface area contributed by atoms with E-state index in [1.807, 2.05) is 36.4 Å². The standard InChI is InChI=1S/C23H22N4O4/c1-15-18(14-24)22(28)27(12-11-16-7-5-4-6-8-16)23(29)21(15)26-25-19-10-9-17(30-2)13-20(19)31-3/h4-10,13,28H,11-12H2,1-3H3. The highest BCUT2D eigenvalue weighted by Gasteiger charge is 2.19. The van der Waals surface area contributed by atoms with Crippen molar-refractivity contribution in [2.45, 2.75) is 19.9 Å². The molecule has 1 aromatic heterocycles. The van der Waals surface area contributed by atoms with Crippen molar-refractivity contribution in [3.05, 3.63) is 75.6 Å². The van der Waals surface area contributed by atoms with Crippen LogP contribution in [0.15, 0.2) is 63.6 Å². The van der Waals surface area contributed by atoms with Gasteiger partial charge < -0.3 is 14.6 Å². The highest BCUT2D eigenvalue weighted by atomic mass is 16.5. The molecule has 8 heteroatoms. The van der Waals surface area contributed by atoms with Crippen molar-refractivity contribution in [1.82, 2.24) is 4.57 Å². The van der Waals surface area contributed by atoms with E-state index in [9.17, 15) is 15.2 Å². The second-order valence-corrected chi connectivity index (χ2v) is 6.71. The lowest BCUT2D eigenvalue weighted by molar-refractivity contribution is 0.395. The van der Waals surface area contributed by atoms with Gasteiger partial charge in [0.25, 0.3) is 5.56 Å². The molecular formula is C23H22N4O4. The van der Waals surface area contributed by atoms with Crippen molar-refractivity contribution in [3.8, 4) is 23.4 Å². The van der Waals surface area contributed by atoms with E-state index in [1.54, 1.807) is 25.1 Å². The monoisotopic (exact) mass is 418 g/mol. The lowest BCUT2D eigenvalue weighted by Crippen LogP contribution is -2.22. The van der Waals surface area contributed by atoms with Crippen molar-refractivity contribution in [2.75, 3.05) is 14.2 Å². The van der Waals surface area contributed by atoms with Crippen LogP contribution in [0.4, 0.5) is 11.4 Å². The molecular weight excluding hydrogens is 396 g/mol. The van der Waals surface area contributed by atoms with Crippen LogP contribution in [0.5, 0.6) is 17.4 Å². The average molecular weight is 418 g/mol. The third kappa shape index (κ3) is 4.56. The Balaban J connectivity index is 2.03. The summed E-state index contributed by atoms with van der Waals surface area (Å²) in [6.45, 7) is 1.75. The van der Waals surface area contributed by atoms with Gasteiger partial charge in [-0.1, -0.05) is 30.3 Å². The highest BCUT2D eigenvalue weighted by molar-refractivity contribution is 5.58. The van der Waals surface area contributed by atoms with E-state index < -0.39 is 5.56 Å². The maximum atomic E-state index is 13.1. The number of pyridine rings is 1. The first-order chi connectivity index (χ1) is 15.0. The summed E-state index contributed by atoms with van der Waals surface area (Å²) in [5.74, 6) is 0.637. The highest BCUT2D eigenvalue weighted by Crippen LogP contribution is 2.33. The van der Waals surface area contributed by atoms with Crippen molar-refractivity contribution in [1.29, 1.82) is 5.26 Å². The van der Waals surface area contributed by atoms with Crippen LogP contribution in [0.3, 0.4) is 0 Å². The lowest BCUT2D eigenvalue weighted by atomic mass is 10.1. The minimum Gasteiger partial charge on any atom is -0.497 e. The minimum atomic E-state index is -0.527. The van der Waals surface area contributed by atoms with Gasteiger partial charge in [0.2, 0.25) is 5.88 Å². The molecule has 0 fully saturated rings. The first kappa shape index (κ1) is 21.6. The Kier molecular flexibility index (Phi) is 6.67. The number of hydrogen-bond acceptors (Lipinski definition) is 7. The molecule has 158 valence electrons. The van der Waals surface area contributed by atoms with E-state index >= 15 is 0 Å². The fraction of sp³-hybridized carbons (Fsp3) is 0.217. The Morgan fingerprint density at radius 3 is 2.48 bits per heavy atom. The predicted molar refractivity (Wildman–Crippen MR) is 116 cm³/mol. The number of azo groups is 1. The van der Waals surface area contributed by atoms with Crippen molar-refractivity contribution in [2.24, 2.45) is 10.2 Å². The normalized spacial score (nSPS) is 10.8. The average Bonchev–Trinajstić information content (AvgIpc) is 2.79. The van der Waals surface area contributed by atoms with Crippen molar-refractivity contribution < 1.29 is 14.6 Å². The molecule has 0 aliphatic carbocycles. The molecule has 8 nitrogen and oxygen atoms in total. The van der Waals surface area contributed by atoms with Crippen LogP contribution in [-0.4, -0.2) is 23.9 Å². The number of hydrogen-bond donors (Lipinski definition) is 1. The van der Waals surface area contributed by atoms with E-state index in [2.05, 4.69) is 10.2 Å². The van der Waals surface area contributed by atoms with E-state index in [-0.39, 0.29) is 29.2 Å². The van der Waals surface area contributed by atoms with Gasteiger partial charge in [-0.15, -0.1) is 10.2 Å². The number of aromatic nitrogens is 1. The van der Waals surface area contributed by atoms with Gasteiger partial charge in [0.05, 0.1) is 14.2 Å². The van der Waals surface area contributed by atoms with Gasteiger partial charge in [-0.05, 0) is 31.0 Å². The van der Waals surface area contributed by atoms with E-state index in [0.717, 1.165) is 10.1 Å². The third-order valence-electron chi connectivity index (χ3n) is 4.88. The molecule has 0 saturated heterocycles. The molecule has 0 radical (unpaired) electrons. The Hall–Kier alpha value is -4.12. The fourth-order valence-electron chi connectivity index (χ4n) is 3.12. The zero-order valence-electron chi connectivity index (χ0n) is 17.5. The third-order valence-corrected chi connectivity index (χ3v) is 4.88. The van der Waals surface area contributed by atoms with Crippen molar-refractivity contribution >= 4 is 11.4 Å². The Morgan fingerprint density at radius 1 is 1.10 bits per heavy atom. The van der Waals surface area contributed by atoms with Crippen LogP contribution >= 0.6 is 0 Å². The number of methoxy groups -OCH3 is 2. The Morgan fingerprint density at radius 2 is 1.84 bits per heavy atom. The number of rotatable bonds is 7. The molecule has 1 heterocycles. The number of benzene rings is 2. The van der Waals surface area contributed by atoms with Gasteiger partial charge in [0, 0.05) is 18.2 Å². The summed E-state index contributed by atoms with van der Waals surface area (Å²) in [7, 11) is 3.03. The summed E-state index contributed by atoms with van der Waals surface area (Å²) < 4.78 is 11.6. The Bertz CT molecular complexity index is 1210. The summed E-state index contributed by atoms with van der Waals surface area (Å²) in [6, 6.07) is 16.5. The number of aryl methyl sites for hydroxylation is 1. The summed E-state index contributed by atoms with van der Waals surface area (Å²) in [5.41, 5.74) is 1.10.